The molecule has 0 bridgehead atoms. The molecule has 0 radical (unpaired) electrons. The smallest absolute Gasteiger partial charge is 0.411 e. The van der Waals surface area contributed by atoms with Crippen LogP contribution >= 0.6 is 0 Å². The molecule has 0 spiro atoms. The van der Waals surface area contributed by atoms with E-state index in [4.69, 9.17) is 14.6 Å². The molecule has 0 saturated heterocycles. The van der Waals surface area contributed by atoms with Crippen molar-refractivity contribution in [2.75, 3.05) is 25.1 Å². The van der Waals surface area contributed by atoms with E-state index >= 15 is 0 Å². The standard InChI is InChI=1S/C23H25F2NO5/c24-18-9-17(10-19(25)11-18)20-3-1-2-4-21(20)26-23(29)31-13-16-7-5-15(6-8-16)12-30-14-22(27)28/h1-4,9-11,15-16H,5-8,12-14H2,(H,26,29)(H,27,28). The second-order valence-corrected chi connectivity index (χ2v) is 7.72. The molecule has 6 nitrogen and oxygen atoms in total. The number of para-hydroxylation sites is 1. The minimum Gasteiger partial charge on any atom is -0.480 e. The molecule has 2 aromatic rings. The summed E-state index contributed by atoms with van der Waals surface area (Å²) in [5.74, 6) is -1.82. The molecule has 166 valence electrons. The van der Waals surface area contributed by atoms with Crippen molar-refractivity contribution < 1.29 is 33.0 Å². The van der Waals surface area contributed by atoms with Crippen LogP contribution < -0.4 is 5.32 Å². The number of aliphatic carboxylic acids is 1. The summed E-state index contributed by atoms with van der Waals surface area (Å²) >= 11 is 0. The lowest BCUT2D eigenvalue weighted by Gasteiger charge is -2.27. The van der Waals surface area contributed by atoms with E-state index in [0.717, 1.165) is 31.7 Å². The fourth-order valence-electron chi connectivity index (χ4n) is 3.77. The van der Waals surface area contributed by atoms with Gasteiger partial charge in [-0.3, -0.25) is 5.32 Å². The highest BCUT2D eigenvalue weighted by Crippen LogP contribution is 2.31. The van der Waals surface area contributed by atoms with Crippen LogP contribution in [0.5, 0.6) is 0 Å². The van der Waals surface area contributed by atoms with Crippen molar-refractivity contribution in [3.05, 3.63) is 54.1 Å². The molecule has 1 fully saturated rings. The zero-order chi connectivity index (χ0) is 22.2. The Kier molecular flexibility index (Phi) is 7.94. The molecule has 8 heteroatoms. The summed E-state index contributed by atoms with van der Waals surface area (Å²) in [6, 6.07) is 9.93. The molecule has 3 rings (SSSR count). The molecule has 1 aliphatic rings. The number of carboxylic acids is 1. The third-order valence-corrected chi connectivity index (χ3v) is 5.33. The maximum Gasteiger partial charge on any atom is 0.411 e. The van der Waals surface area contributed by atoms with E-state index in [1.807, 2.05) is 0 Å². The van der Waals surface area contributed by atoms with Crippen LogP contribution in [0, 0.1) is 23.5 Å². The van der Waals surface area contributed by atoms with Crippen molar-refractivity contribution in [2.45, 2.75) is 25.7 Å². The lowest BCUT2D eigenvalue weighted by molar-refractivity contribution is -0.142. The first kappa shape index (κ1) is 22.7. The highest BCUT2D eigenvalue weighted by Gasteiger charge is 2.23. The molecule has 2 N–H and O–H groups in total. The molecular formula is C23H25F2NO5. The number of anilines is 1. The van der Waals surface area contributed by atoms with Gasteiger partial charge in [0.15, 0.2) is 0 Å². The Morgan fingerprint density at radius 1 is 0.968 bits per heavy atom. The quantitative estimate of drug-likeness (QED) is 0.606. The SMILES string of the molecule is O=C(O)COCC1CCC(COC(=O)Nc2ccccc2-c2cc(F)cc(F)c2)CC1. The zero-order valence-electron chi connectivity index (χ0n) is 17.0. The summed E-state index contributed by atoms with van der Waals surface area (Å²) in [7, 11) is 0. The van der Waals surface area contributed by atoms with Crippen LogP contribution in [0.25, 0.3) is 11.1 Å². The van der Waals surface area contributed by atoms with Gasteiger partial charge in [0, 0.05) is 11.6 Å². The second kappa shape index (κ2) is 10.9. The van der Waals surface area contributed by atoms with Crippen LogP contribution in [-0.4, -0.2) is 37.0 Å². The summed E-state index contributed by atoms with van der Waals surface area (Å²) in [5.41, 5.74) is 1.20. The number of rotatable bonds is 8. The highest BCUT2D eigenvalue weighted by molar-refractivity contribution is 5.91. The Balaban J connectivity index is 1.48. The summed E-state index contributed by atoms with van der Waals surface area (Å²) in [6.07, 6.45) is 2.89. The number of hydrogen-bond donors (Lipinski definition) is 2. The van der Waals surface area contributed by atoms with Gasteiger partial charge in [-0.15, -0.1) is 0 Å². The van der Waals surface area contributed by atoms with E-state index in [0.29, 0.717) is 29.3 Å². The molecular weight excluding hydrogens is 408 g/mol. The molecule has 0 aliphatic heterocycles. The monoisotopic (exact) mass is 433 g/mol. The van der Waals surface area contributed by atoms with Gasteiger partial charge in [-0.05, 0) is 61.3 Å². The number of hydrogen-bond acceptors (Lipinski definition) is 4. The molecule has 0 heterocycles. The fraction of sp³-hybridized carbons (Fsp3) is 0.391. The topological polar surface area (TPSA) is 84.9 Å². The van der Waals surface area contributed by atoms with Crippen LogP contribution in [0.4, 0.5) is 19.3 Å². The molecule has 1 amide bonds. The lowest BCUT2D eigenvalue weighted by atomic mass is 9.83. The van der Waals surface area contributed by atoms with Crippen molar-refractivity contribution >= 4 is 17.7 Å². The predicted molar refractivity (Wildman–Crippen MR) is 111 cm³/mol. The van der Waals surface area contributed by atoms with Gasteiger partial charge in [0.25, 0.3) is 0 Å². The first-order valence-electron chi connectivity index (χ1n) is 10.2. The average Bonchev–Trinajstić information content (AvgIpc) is 2.72. The Morgan fingerprint density at radius 2 is 1.58 bits per heavy atom. The van der Waals surface area contributed by atoms with Crippen LogP contribution in [-0.2, 0) is 14.3 Å². The molecule has 2 aromatic carbocycles. The van der Waals surface area contributed by atoms with E-state index in [9.17, 15) is 18.4 Å². The number of ether oxygens (including phenoxy) is 2. The number of carbonyl (C=O) groups excluding carboxylic acids is 1. The molecule has 0 unspecified atom stereocenters. The third-order valence-electron chi connectivity index (χ3n) is 5.33. The number of halogens is 2. The van der Waals surface area contributed by atoms with Gasteiger partial charge in [-0.25, -0.2) is 18.4 Å². The number of carbonyl (C=O) groups is 2. The molecule has 0 atom stereocenters. The Labute approximate surface area is 179 Å². The minimum absolute atomic E-state index is 0.231. The number of nitrogens with one attached hydrogen (secondary N) is 1. The fourth-order valence-corrected chi connectivity index (χ4v) is 3.77. The average molecular weight is 433 g/mol. The van der Waals surface area contributed by atoms with E-state index in [2.05, 4.69) is 5.32 Å². The van der Waals surface area contributed by atoms with E-state index in [1.54, 1.807) is 24.3 Å². The van der Waals surface area contributed by atoms with Crippen molar-refractivity contribution in [3.8, 4) is 11.1 Å². The largest absolute Gasteiger partial charge is 0.480 e. The molecule has 1 aliphatic carbocycles. The van der Waals surface area contributed by atoms with Crippen molar-refractivity contribution in [2.24, 2.45) is 11.8 Å². The third kappa shape index (κ3) is 7.03. The summed E-state index contributed by atoms with van der Waals surface area (Å²) in [4.78, 5) is 22.8. The number of benzene rings is 2. The lowest BCUT2D eigenvalue weighted by Crippen LogP contribution is -2.25. The summed E-state index contributed by atoms with van der Waals surface area (Å²) < 4.78 is 37.7. The number of amides is 1. The Hall–Kier alpha value is -3.00. The summed E-state index contributed by atoms with van der Waals surface area (Å²) in [5, 5.41) is 11.3. The highest BCUT2D eigenvalue weighted by atomic mass is 19.1. The van der Waals surface area contributed by atoms with E-state index < -0.39 is 23.7 Å². The van der Waals surface area contributed by atoms with Crippen LogP contribution in [0.2, 0.25) is 0 Å². The van der Waals surface area contributed by atoms with Crippen molar-refractivity contribution in [3.63, 3.8) is 0 Å². The first-order valence-corrected chi connectivity index (χ1v) is 10.2. The minimum atomic E-state index is -0.975. The van der Waals surface area contributed by atoms with Gasteiger partial charge in [-0.1, -0.05) is 18.2 Å². The van der Waals surface area contributed by atoms with E-state index in [1.165, 1.54) is 12.1 Å². The van der Waals surface area contributed by atoms with Gasteiger partial charge in [-0.2, -0.15) is 0 Å². The number of carboxylic acid groups (broad SMARTS) is 1. The molecule has 31 heavy (non-hydrogen) atoms. The van der Waals surface area contributed by atoms with Crippen molar-refractivity contribution in [1.29, 1.82) is 0 Å². The van der Waals surface area contributed by atoms with Gasteiger partial charge < -0.3 is 14.6 Å². The van der Waals surface area contributed by atoms with Crippen molar-refractivity contribution in [1.82, 2.24) is 0 Å². The normalized spacial score (nSPS) is 18.4. The summed E-state index contributed by atoms with van der Waals surface area (Å²) in [6.45, 7) is 0.413. The van der Waals surface area contributed by atoms with Crippen LogP contribution in [0.15, 0.2) is 42.5 Å². The maximum atomic E-state index is 13.6. The van der Waals surface area contributed by atoms with Gasteiger partial charge >= 0.3 is 12.1 Å². The second-order valence-electron chi connectivity index (χ2n) is 7.72. The van der Waals surface area contributed by atoms with Gasteiger partial charge in [0.2, 0.25) is 0 Å². The van der Waals surface area contributed by atoms with E-state index in [-0.39, 0.29) is 19.1 Å². The molecule has 1 saturated carbocycles. The van der Waals surface area contributed by atoms with Crippen LogP contribution in [0.1, 0.15) is 25.7 Å². The molecule has 0 aromatic heterocycles. The van der Waals surface area contributed by atoms with Gasteiger partial charge in [0.1, 0.15) is 18.2 Å². The first-order chi connectivity index (χ1) is 14.9. The zero-order valence-corrected chi connectivity index (χ0v) is 17.0. The van der Waals surface area contributed by atoms with Gasteiger partial charge in [0.05, 0.1) is 18.9 Å². The Morgan fingerprint density at radius 3 is 2.23 bits per heavy atom. The maximum absolute atomic E-state index is 13.6. The Bertz CT molecular complexity index is 892. The van der Waals surface area contributed by atoms with Crippen LogP contribution in [0.3, 0.4) is 0 Å². The predicted octanol–water partition coefficient (Wildman–Crippen LogP) is 5.09.